The van der Waals surface area contributed by atoms with Gasteiger partial charge < -0.3 is 5.32 Å². The van der Waals surface area contributed by atoms with Crippen molar-refractivity contribution in [3.63, 3.8) is 0 Å². The summed E-state index contributed by atoms with van der Waals surface area (Å²) in [6.45, 7) is 1.94. The number of nitrogens with one attached hydrogen (secondary N) is 1. The molecule has 1 heterocycles. The smallest absolute Gasteiger partial charge is 0.306 e. The van der Waals surface area contributed by atoms with Crippen molar-refractivity contribution in [3.8, 4) is 0 Å². The zero-order valence-corrected chi connectivity index (χ0v) is 17.2. The van der Waals surface area contributed by atoms with E-state index >= 15 is 0 Å². The maximum Gasteiger partial charge on any atom is 0.306 e. The van der Waals surface area contributed by atoms with E-state index in [1.54, 1.807) is 31.2 Å². The zero-order valence-electron chi connectivity index (χ0n) is 16.4. The molecule has 1 amide bonds. The fourth-order valence-corrected chi connectivity index (χ4v) is 4.82. The zero-order chi connectivity index (χ0) is 21.9. The Morgan fingerprint density at radius 2 is 1.83 bits per heavy atom. The number of carbonyl (C=O) groups is 1. The highest BCUT2D eigenvalue weighted by atomic mass is 32.2. The molecule has 0 atom stereocenters. The van der Waals surface area contributed by atoms with Gasteiger partial charge in [-0.15, -0.1) is 0 Å². The molecule has 0 spiro atoms. The summed E-state index contributed by atoms with van der Waals surface area (Å²) < 4.78 is 39.4. The first-order chi connectivity index (χ1) is 14.2. The molecule has 1 N–H and O–H groups in total. The van der Waals surface area contributed by atoms with Crippen LogP contribution < -0.4 is 5.32 Å². The molecule has 0 unspecified atom stereocenters. The Balaban J connectivity index is 1.92. The van der Waals surface area contributed by atoms with Crippen molar-refractivity contribution in [2.75, 3.05) is 24.2 Å². The topological polar surface area (TPSA) is 110 Å². The average Bonchev–Trinajstić information content (AvgIpc) is 2.75. The summed E-state index contributed by atoms with van der Waals surface area (Å²) in [5.41, 5.74) is -0.908. The van der Waals surface area contributed by atoms with Crippen molar-refractivity contribution in [1.82, 2.24) is 4.31 Å². The van der Waals surface area contributed by atoms with Crippen LogP contribution in [-0.4, -0.2) is 42.4 Å². The third-order valence-electron chi connectivity index (χ3n) is 5.50. The molecule has 0 bridgehead atoms. The quantitative estimate of drug-likeness (QED) is 0.554. The minimum absolute atomic E-state index is 0.0171. The van der Waals surface area contributed by atoms with Gasteiger partial charge in [-0.25, -0.2) is 12.7 Å². The van der Waals surface area contributed by atoms with E-state index in [0.29, 0.717) is 0 Å². The highest BCUT2D eigenvalue weighted by molar-refractivity contribution is 7.89. The van der Waals surface area contributed by atoms with Crippen LogP contribution in [0.5, 0.6) is 0 Å². The van der Waals surface area contributed by atoms with Gasteiger partial charge in [0.25, 0.3) is 0 Å². The van der Waals surface area contributed by atoms with Crippen LogP contribution in [0, 0.1) is 15.9 Å². The number of hydrogen-bond donors (Lipinski definition) is 1. The van der Waals surface area contributed by atoms with E-state index in [1.807, 2.05) is 6.07 Å². The second kappa shape index (κ2) is 8.49. The summed E-state index contributed by atoms with van der Waals surface area (Å²) in [4.78, 5) is 23.5. The minimum Gasteiger partial charge on any atom is -0.325 e. The lowest BCUT2D eigenvalue weighted by molar-refractivity contribution is -0.387. The van der Waals surface area contributed by atoms with Crippen molar-refractivity contribution < 1.29 is 22.5 Å². The van der Waals surface area contributed by atoms with Gasteiger partial charge in [-0.3, -0.25) is 14.9 Å². The number of rotatable bonds is 6. The summed E-state index contributed by atoms with van der Waals surface area (Å²) in [7, 11) is -3.37. The Kier molecular flexibility index (Phi) is 6.18. The summed E-state index contributed by atoms with van der Waals surface area (Å²) in [6.07, 6.45) is 0.511. The van der Waals surface area contributed by atoms with Crippen molar-refractivity contribution in [2.45, 2.75) is 25.2 Å². The monoisotopic (exact) mass is 435 g/mol. The van der Waals surface area contributed by atoms with Crippen LogP contribution in [0.2, 0.25) is 0 Å². The van der Waals surface area contributed by atoms with Crippen molar-refractivity contribution in [2.24, 2.45) is 0 Å². The molecule has 1 saturated heterocycles. The Labute approximate surface area is 173 Å². The normalized spacial score (nSPS) is 16.7. The molecule has 1 aliphatic rings. The van der Waals surface area contributed by atoms with Gasteiger partial charge in [0.2, 0.25) is 21.7 Å². The van der Waals surface area contributed by atoms with E-state index in [-0.39, 0.29) is 37.4 Å². The number of benzene rings is 2. The maximum atomic E-state index is 13.6. The molecule has 2 aromatic rings. The number of nitro benzene ring substituents is 1. The van der Waals surface area contributed by atoms with Gasteiger partial charge in [0, 0.05) is 24.8 Å². The van der Waals surface area contributed by atoms with Crippen molar-refractivity contribution in [3.05, 3.63) is 70.0 Å². The molecule has 8 nitrogen and oxygen atoms in total. The highest BCUT2D eigenvalue weighted by Gasteiger charge is 2.44. The molecule has 0 aliphatic carbocycles. The van der Waals surface area contributed by atoms with Gasteiger partial charge in [-0.05, 0) is 37.5 Å². The second-order valence-corrected chi connectivity index (χ2v) is 9.38. The van der Waals surface area contributed by atoms with Crippen LogP contribution in [0.3, 0.4) is 0 Å². The van der Waals surface area contributed by atoms with E-state index in [1.165, 1.54) is 10.4 Å². The Hall–Kier alpha value is -2.85. The number of nitro groups is 1. The number of hydrogen-bond acceptors (Lipinski definition) is 5. The Morgan fingerprint density at radius 1 is 1.20 bits per heavy atom. The largest absolute Gasteiger partial charge is 0.325 e. The molecule has 1 aliphatic heterocycles. The van der Waals surface area contributed by atoms with E-state index in [4.69, 9.17) is 0 Å². The number of piperidine rings is 1. The number of nitrogens with zero attached hydrogens (tertiary/aromatic N) is 2. The highest BCUT2D eigenvalue weighted by Crippen LogP contribution is 2.38. The number of anilines is 1. The first kappa shape index (κ1) is 21.8. The summed E-state index contributed by atoms with van der Waals surface area (Å²) in [6, 6.07) is 12.2. The van der Waals surface area contributed by atoms with E-state index in [2.05, 4.69) is 5.32 Å². The van der Waals surface area contributed by atoms with E-state index < -0.39 is 37.8 Å². The fraction of sp³-hybridized carbons (Fsp3) is 0.350. The molecule has 0 saturated carbocycles. The molecule has 30 heavy (non-hydrogen) atoms. The second-order valence-electron chi connectivity index (χ2n) is 7.13. The lowest BCUT2D eigenvalue weighted by Crippen LogP contribution is -2.51. The Bertz CT molecular complexity index is 1050. The summed E-state index contributed by atoms with van der Waals surface area (Å²) >= 11 is 0. The third-order valence-corrected chi connectivity index (χ3v) is 7.38. The van der Waals surface area contributed by atoms with Crippen molar-refractivity contribution >= 4 is 27.3 Å². The van der Waals surface area contributed by atoms with Gasteiger partial charge in [0.1, 0.15) is 0 Å². The van der Waals surface area contributed by atoms with Gasteiger partial charge >= 0.3 is 5.69 Å². The molecule has 3 rings (SSSR count). The number of sulfonamides is 1. The average molecular weight is 435 g/mol. The van der Waals surface area contributed by atoms with E-state index in [0.717, 1.165) is 17.7 Å². The van der Waals surface area contributed by atoms with Crippen LogP contribution in [-0.2, 0) is 20.2 Å². The maximum absolute atomic E-state index is 13.6. The third kappa shape index (κ3) is 4.19. The van der Waals surface area contributed by atoms with Gasteiger partial charge in [0.05, 0.1) is 16.1 Å². The molecule has 1 fully saturated rings. The minimum atomic E-state index is -3.37. The lowest BCUT2D eigenvalue weighted by atomic mass is 9.72. The van der Waals surface area contributed by atoms with Gasteiger partial charge in [0.15, 0.2) is 0 Å². The molecule has 0 radical (unpaired) electrons. The molecule has 160 valence electrons. The van der Waals surface area contributed by atoms with Crippen LogP contribution in [0.25, 0.3) is 0 Å². The molecular formula is C20H22FN3O5S. The number of halogens is 1. The Morgan fingerprint density at radius 3 is 2.40 bits per heavy atom. The molecule has 2 aromatic carbocycles. The van der Waals surface area contributed by atoms with Crippen LogP contribution in [0.4, 0.5) is 15.8 Å². The number of carbonyl (C=O) groups excluding carboxylic acids is 1. The van der Waals surface area contributed by atoms with Crippen LogP contribution >= 0.6 is 0 Å². The van der Waals surface area contributed by atoms with E-state index in [9.17, 15) is 27.7 Å². The summed E-state index contributed by atoms with van der Waals surface area (Å²) in [5, 5.41) is 13.7. The molecule has 10 heteroatoms. The van der Waals surface area contributed by atoms with Crippen LogP contribution in [0.15, 0.2) is 48.5 Å². The molecular weight excluding hydrogens is 413 g/mol. The fourth-order valence-electron chi connectivity index (χ4n) is 3.71. The predicted octanol–water partition coefficient (Wildman–Crippen LogP) is 3.06. The number of amides is 1. The lowest BCUT2D eigenvalue weighted by Gasteiger charge is -2.40. The van der Waals surface area contributed by atoms with Gasteiger partial charge in [-0.2, -0.15) is 4.39 Å². The first-order valence-electron chi connectivity index (χ1n) is 9.48. The van der Waals surface area contributed by atoms with Crippen molar-refractivity contribution in [1.29, 1.82) is 0 Å². The molecule has 0 aromatic heterocycles. The van der Waals surface area contributed by atoms with Gasteiger partial charge in [-0.1, -0.05) is 30.3 Å². The summed E-state index contributed by atoms with van der Waals surface area (Å²) in [5.74, 6) is -1.42. The standard InChI is InChI=1S/C20H22FN3O5S/c1-2-30(28,29)23-12-10-20(11-13-23,15-6-4-3-5-7-15)19(25)22-16-8-9-17(21)18(14-16)24(26)27/h3-9,14H,2,10-13H2,1H3,(H,22,25). The first-order valence-corrected chi connectivity index (χ1v) is 11.1. The predicted molar refractivity (Wildman–Crippen MR) is 110 cm³/mol. The van der Waals surface area contributed by atoms with Crippen LogP contribution in [0.1, 0.15) is 25.3 Å². The SMILES string of the molecule is CCS(=O)(=O)N1CCC(C(=O)Nc2ccc(F)c([N+](=O)[O-])c2)(c2ccccc2)CC1.